The standard InChI is InChI=1S/C9H18N2O2/c1-3-11-6-4-5-8(7-11)10-9(12)13-2/h8H,3-7H2,1-2H3,(H,10,12). The largest absolute Gasteiger partial charge is 0.453 e. The summed E-state index contributed by atoms with van der Waals surface area (Å²) in [6, 6.07) is 0.265. The van der Waals surface area contributed by atoms with Crippen LogP contribution in [-0.4, -0.2) is 43.8 Å². The predicted molar refractivity (Wildman–Crippen MR) is 50.7 cm³/mol. The third kappa shape index (κ3) is 3.22. The van der Waals surface area contributed by atoms with Crippen molar-refractivity contribution in [3.8, 4) is 0 Å². The topological polar surface area (TPSA) is 41.6 Å². The Kier molecular flexibility index (Phi) is 4.02. The molecule has 4 nitrogen and oxygen atoms in total. The zero-order valence-electron chi connectivity index (χ0n) is 8.38. The smallest absolute Gasteiger partial charge is 0.407 e. The van der Waals surface area contributed by atoms with Crippen molar-refractivity contribution in [2.24, 2.45) is 0 Å². The molecule has 1 fully saturated rings. The van der Waals surface area contributed by atoms with Crippen molar-refractivity contribution < 1.29 is 9.53 Å². The molecule has 1 heterocycles. The van der Waals surface area contributed by atoms with Crippen LogP contribution in [0, 0.1) is 0 Å². The van der Waals surface area contributed by atoms with E-state index in [1.807, 2.05) is 0 Å². The van der Waals surface area contributed by atoms with Gasteiger partial charge in [-0.05, 0) is 25.9 Å². The molecule has 0 saturated carbocycles. The molecule has 76 valence electrons. The molecule has 4 heteroatoms. The maximum absolute atomic E-state index is 10.9. The highest BCUT2D eigenvalue weighted by molar-refractivity contribution is 5.67. The Morgan fingerprint density at radius 1 is 1.69 bits per heavy atom. The fraction of sp³-hybridized carbons (Fsp3) is 0.889. The van der Waals surface area contributed by atoms with E-state index in [9.17, 15) is 4.79 Å². The molecule has 0 radical (unpaired) electrons. The number of nitrogens with zero attached hydrogens (tertiary/aromatic N) is 1. The number of methoxy groups -OCH3 is 1. The second kappa shape index (κ2) is 5.07. The van der Waals surface area contributed by atoms with Crippen LogP contribution in [-0.2, 0) is 4.74 Å². The number of hydrogen-bond acceptors (Lipinski definition) is 3. The summed E-state index contributed by atoms with van der Waals surface area (Å²) in [5.74, 6) is 0. The zero-order chi connectivity index (χ0) is 9.68. The lowest BCUT2D eigenvalue weighted by Gasteiger charge is -2.31. The molecule has 1 saturated heterocycles. The fourth-order valence-electron chi connectivity index (χ4n) is 1.69. The maximum Gasteiger partial charge on any atom is 0.407 e. The number of piperidine rings is 1. The number of nitrogens with one attached hydrogen (secondary N) is 1. The summed E-state index contributed by atoms with van der Waals surface area (Å²) < 4.78 is 4.55. The molecule has 1 aliphatic heterocycles. The molecule has 1 amide bonds. The van der Waals surface area contributed by atoms with Gasteiger partial charge in [0.25, 0.3) is 0 Å². The molecule has 0 aromatic rings. The van der Waals surface area contributed by atoms with Gasteiger partial charge in [0.1, 0.15) is 0 Å². The summed E-state index contributed by atoms with van der Waals surface area (Å²) >= 11 is 0. The second-order valence-corrected chi connectivity index (χ2v) is 3.37. The van der Waals surface area contributed by atoms with E-state index < -0.39 is 0 Å². The molecular weight excluding hydrogens is 168 g/mol. The highest BCUT2D eigenvalue weighted by atomic mass is 16.5. The van der Waals surface area contributed by atoms with E-state index in [0.717, 1.165) is 32.5 Å². The van der Waals surface area contributed by atoms with Crippen molar-refractivity contribution in [1.29, 1.82) is 0 Å². The average Bonchev–Trinajstić information content (AvgIpc) is 2.18. The Bertz CT molecular complexity index is 173. The molecule has 0 aliphatic carbocycles. The SMILES string of the molecule is CCN1CCCC(NC(=O)OC)C1. The minimum Gasteiger partial charge on any atom is -0.453 e. The van der Waals surface area contributed by atoms with E-state index in [0.29, 0.717) is 0 Å². The Morgan fingerprint density at radius 2 is 2.46 bits per heavy atom. The highest BCUT2D eigenvalue weighted by Gasteiger charge is 2.19. The van der Waals surface area contributed by atoms with E-state index in [-0.39, 0.29) is 12.1 Å². The molecular formula is C9H18N2O2. The van der Waals surface area contributed by atoms with Crippen LogP contribution in [0.25, 0.3) is 0 Å². The van der Waals surface area contributed by atoms with Crippen LogP contribution in [0.15, 0.2) is 0 Å². The van der Waals surface area contributed by atoms with Gasteiger partial charge in [-0.25, -0.2) is 4.79 Å². The minimum atomic E-state index is -0.317. The van der Waals surface area contributed by atoms with Gasteiger partial charge in [-0.15, -0.1) is 0 Å². The van der Waals surface area contributed by atoms with Gasteiger partial charge in [-0.3, -0.25) is 0 Å². The van der Waals surface area contributed by atoms with Gasteiger partial charge >= 0.3 is 6.09 Å². The van der Waals surface area contributed by atoms with Crippen LogP contribution in [0.1, 0.15) is 19.8 Å². The second-order valence-electron chi connectivity index (χ2n) is 3.37. The quantitative estimate of drug-likeness (QED) is 0.694. The molecule has 1 aliphatic rings. The van der Waals surface area contributed by atoms with Crippen molar-refractivity contribution in [1.82, 2.24) is 10.2 Å². The molecule has 1 unspecified atom stereocenters. The number of carbonyl (C=O) groups excluding carboxylic acids is 1. The summed E-state index contributed by atoms with van der Waals surface area (Å²) in [4.78, 5) is 13.3. The van der Waals surface area contributed by atoms with Gasteiger partial charge in [-0.2, -0.15) is 0 Å². The number of likely N-dealkylation sites (N-methyl/N-ethyl adjacent to an activating group) is 1. The Hall–Kier alpha value is -0.770. The normalized spacial score (nSPS) is 24.0. The number of ether oxygens (including phenoxy) is 1. The average molecular weight is 186 g/mol. The Balaban J connectivity index is 2.29. The van der Waals surface area contributed by atoms with E-state index in [1.165, 1.54) is 7.11 Å². The first kappa shape index (κ1) is 10.3. The molecule has 0 bridgehead atoms. The monoisotopic (exact) mass is 186 g/mol. The van der Waals surface area contributed by atoms with Crippen LogP contribution in [0.5, 0.6) is 0 Å². The van der Waals surface area contributed by atoms with E-state index in [2.05, 4.69) is 21.9 Å². The van der Waals surface area contributed by atoms with Gasteiger partial charge in [0.05, 0.1) is 7.11 Å². The third-order valence-corrected chi connectivity index (χ3v) is 2.46. The Morgan fingerprint density at radius 3 is 3.08 bits per heavy atom. The maximum atomic E-state index is 10.9. The molecule has 0 aromatic heterocycles. The lowest BCUT2D eigenvalue weighted by Crippen LogP contribution is -2.47. The van der Waals surface area contributed by atoms with Crippen LogP contribution in [0.3, 0.4) is 0 Å². The molecule has 1 atom stereocenters. The van der Waals surface area contributed by atoms with E-state index in [4.69, 9.17) is 0 Å². The van der Waals surface area contributed by atoms with Crippen LogP contribution >= 0.6 is 0 Å². The minimum absolute atomic E-state index is 0.265. The molecule has 1 rings (SSSR count). The summed E-state index contributed by atoms with van der Waals surface area (Å²) in [5, 5.41) is 2.83. The third-order valence-electron chi connectivity index (χ3n) is 2.46. The summed E-state index contributed by atoms with van der Waals surface area (Å²) in [6.45, 7) is 5.29. The first-order valence-electron chi connectivity index (χ1n) is 4.83. The number of rotatable bonds is 2. The van der Waals surface area contributed by atoms with Crippen molar-refractivity contribution in [2.75, 3.05) is 26.7 Å². The lowest BCUT2D eigenvalue weighted by molar-refractivity contribution is 0.150. The number of hydrogen-bond donors (Lipinski definition) is 1. The summed E-state index contributed by atoms with van der Waals surface area (Å²) in [7, 11) is 1.40. The van der Waals surface area contributed by atoms with Crippen molar-refractivity contribution >= 4 is 6.09 Å². The highest BCUT2D eigenvalue weighted by Crippen LogP contribution is 2.09. The van der Waals surface area contributed by atoms with Gasteiger partial charge in [0.2, 0.25) is 0 Å². The first-order valence-corrected chi connectivity index (χ1v) is 4.83. The van der Waals surface area contributed by atoms with Crippen LogP contribution < -0.4 is 5.32 Å². The zero-order valence-corrected chi connectivity index (χ0v) is 8.38. The summed E-state index contributed by atoms with van der Waals surface area (Å²) in [6.07, 6.45) is 1.90. The summed E-state index contributed by atoms with van der Waals surface area (Å²) in [5.41, 5.74) is 0. The van der Waals surface area contributed by atoms with Gasteiger partial charge < -0.3 is 15.0 Å². The van der Waals surface area contributed by atoms with Crippen LogP contribution in [0.2, 0.25) is 0 Å². The molecule has 0 aromatic carbocycles. The lowest BCUT2D eigenvalue weighted by atomic mass is 10.1. The molecule has 13 heavy (non-hydrogen) atoms. The Labute approximate surface area is 79.2 Å². The number of carbonyl (C=O) groups is 1. The number of likely N-dealkylation sites (tertiary alicyclic amines) is 1. The van der Waals surface area contributed by atoms with Crippen molar-refractivity contribution in [3.63, 3.8) is 0 Å². The van der Waals surface area contributed by atoms with Crippen molar-refractivity contribution in [2.45, 2.75) is 25.8 Å². The van der Waals surface area contributed by atoms with Gasteiger partial charge in [-0.1, -0.05) is 6.92 Å². The molecule has 1 N–H and O–H groups in total. The number of amides is 1. The van der Waals surface area contributed by atoms with Crippen LogP contribution in [0.4, 0.5) is 4.79 Å². The van der Waals surface area contributed by atoms with Gasteiger partial charge in [0.15, 0.2) is 0 Å². The molecule has 0 spiro atoms. The van der Waals surface area contributed by atoms with E-state index in [1.54, 1.807) is 0 Å². The fourth-order valence-corrected chi connectivity index (χ4v) is 1.69. The predicted octanol–water partition coefficient (Wildman–Crippen LogP) is 0.827. The van der Waals surface area contributed by atoms with Gasteiger partial charge in [0, 0.05) is 12.6 Å². The van der Waals surface area contributed by atoms with Crippen molar-refractivity contribution in [3.05, 3.63) is 0 Å². The van der Waals surface area contributed by atoms with E-state index >= 15 is 0 Å². The first-order chi connectivity index (χ1) is 6.26. The number of alkyl carbamates (subject to hydrolysis) is 1.